The van der Waals surface area contributed by atoms with Crippen LogP contribution < -0.4 is 35.3 Å². The van der Waals surface area contributed by atoms with Crippen molar-refractivity contribution in [3.8, 4) is 0 Å². The number of allylic oxidation sites excluding steroid dienone is 1. The molecule has 0 aromatic heterocycles. The summed E-state index contributed by atoms with van der Waals surface area (Å²) in [5.41, 5.74) is 3.97. The van der Waals surface area contributed by atoms with E-state index < -0.39 is 19.7 Å². The average Bonchev–Trinajstić information content (AvgIpc) is 3.25. The summed E-state index contributed by atoms with van der Waals surface area (Å²) in [5.74, 6) is 1.01. The van der Waals surface area contributed by atoms with Crippen LogP contribution in [0, 0.1) is 0 Å². The summed E-state index contributed by atoms with van der Waals surface area (Å²) in [6.45, 7) is 0. The van der Waals surface area contributed by atoms with E-state index in [1.807, 2.05) is 0 Å². The van der Waals surface area contributed by atoms with Crippen molar-refractivity contribution in [3.63, 3.8) is 0 Å². The second-order valence-electron chi connectivity index (χ2n) is 6.15. The van der Waals surface area contributed by atoms with Crippen molar-refractivity contribution < 1.29 is 49.3 Å². The van der Waals surface area contributed by atoms with Gasteiger partial charge in [-0.05, 0) is 0 Å². The molecule has 0 amide bonds. The Morgan fingerprint density at radius 1 is 1.00 bits per heavy atom. The van der Waals surface area contributed by atoms with Gasteiger partial charge in [-0.2, -0.15) is 0 Å². The summed E-state index contributed by atoms with van der Waals surface area (Å²) in [7, 11) is 6.19. The second kappa shape index (κ2) is 7.93. The predicted molar refractivity (Wildman–Crippen MR) is 100 cm³/mol. The summed E-state index contributed by atoms with van der Waals surface area (Å²) in [6, 6.07) is 17.1. The van der Waals surface area contributed by atoms with Crippen LogP contribution in [0.25, 0.3) is 17.9 Å². The molecule has 0 bridgehead atoms. The third-order valence-corrected chi connectivity index (χ3v) is 14.6. The van der Waals surface area contributed by atoms with E-state index in [0.29, 0.717) is 3.63 Å². The average molecular weight is 543 g/mol. The van der Waals surface area contributed by atoms with Gasteiger partial charge in [-0.3, -0.25) is 0 Å². The molecule has 1 nitrogen and oxygen atoms in total. The van der Waals surface area contributed by atoms with Gasteiger partial charge in [-0.1, -0.05) is 0 Å². The van der Waals surface area contributed by atoms with Crippen LogP contribution in [0.15, 0.2) is 63.5 Å². The molecule has 0 N–H and O–H groups in total. The molecule has 2 aliphatic carbocycles. The van der Waals surface area contributed by atoms with E-state index in [1.165, 1.54) is 30.4 Å². The third kappa shape index (κ3) is 3.08. The van der Waals surface area contributed by atoms with Gasteiger partial charge in [0.15, 0.2) is 0 Å². The van der Waals surface area contributed by atoms with Crippen LogP contribution >= 0.6 is 24.8 Å². The van der Waals surface area contributed by atoms with E-state index >= 15 is 0 Å². The molecule has 130 valence electrons. The minimum absolute atomic E-state index is 0. The van der Waals surface area contributed by atoms with Crippen molar-refractivity contribution in [2.45, 2.75) is 8.64 Å². The first-order valence-corrected chi connectivity index (χ1v) is 14.9. The molecule has 5 rings (SSSR count). The normalized spacial score (nSPS) is 20.7. The molecule has 2 atom stereocenters. The zero-order valence-corrected chi connectivity index (χ0v) is 19.8. The molecule has 6 heteroatoms. The molecule has 0 saturated heterocycles. The molecule has 2 aromatic carbocycles. The summed E-state index contributed by atoms with van der Waals surface area (Å²) in [4.78, 5) is 0. The fraction of sp³-hybridized carbons (Fsp3) is 0.100. The molecule has 2 aromatic rings. The van der Waals surface area contributed by atoms with Crippen LogP contribution in [0.3, 0.4) is 0 Å². The van der Waals surface area contributed by atoms with Crippen molar-refractivity contribution in [1.29, 1.82) is 0 Å². The standard InChI is InChI=1S/C11H6BrO.C9H7.2ClH.S.Zr/c12-10-6-8-5-7-3-1-2-4-9(7)11(8)13-10;1-2-5-9-7-3-6-8(9)4-1;;;;/h1-5,10H;1-7H;2*1H;;/q;;;;;+2/p-2. The van der Waals surface area contributed by atoms with Crippen molar-refractivity contribution >= 4 is 42.7 Å². The summed E-state index contributed by atoms with van der Waals surface area (Å²) in [5, 5.41) is 2.38. The fourth-order valence-electron chi connectivity index (χ4n) is 3.70. The summed E-state index contributed by atoms with van der Waals surface area (Å²) < 4.78 is 7.96. The Morgan fingerprint density at radius 2 is 1.73 bits per heavy atom. The van der Waals surface area contributed by atoms with Crippen LogP contribution in [0.2, 0.25) is 0 Å². The molecule has 3 aliphatic rings. The topological polar surface area (TPSA) is 9.23 Å². The van der Waals surface area contributed by atoms with Crippen LogP contribution in [0.1, 0.15) is 14.8 Å². The molecular weight excluding hydrogens is 530 g/mol. The van der Waals surface area contributed by atoms with E-state index in [1.54, 1.807) is 0 Å². The predicted octanol–water partition coefficient (Wildman–Crippen LogP) is -1.90. The quantitative estimate of drug-likeness (QED) is 0.410. The van der Waals surface area contributed by atoms with Gasteiger partial charge in [0.05, 0.1) is 0 Å². The first-order valence-electron chi connectivity index (χ1n) is 7.92. The third-order valence-electron chi connectivity index (χ3n) is 4.84. The molecule has 2 unspecified atom stereocenters. The van der Waals surface area contributed by atoms with Crippen LogP contribution in [-0.2, 0) is 24.4 Å². The first-order chi connectivity index (χ1) is 11.7. The van der Waals surface area contributed by atoms with Gasteiger partial charge in [0.25, 0.3) is 0 Å². The zero-order chi connectivity index (χ0) is 16.3. The Morgan fingerprint density at radius 3 is 2.58 bits per heavy atom. The van der Waals surface area contributed by atoms with Gasteiger partial charge in [-0.15, -0.1) is 0 Å². The van der Waals surface area contributed by atoms with Crippen molar-refractivity contribution in [3.05, 3.63) is 85.0 Å². The zero-order valence-electron chi connectivity index (χ0n) is 13.5. The van der Waals surface area contributed by atoms with Gasteiger partial charge in [0, 0.05) is 0 Å². The maximum absolute atomic E-state index is 6.19. The summed E-state index contributed by atoms with van der Waals surface area (Å²) >= 11 is 1.41. The van der Waals surface area contributed by atoms with E-state index in [-0.39, 0.29) is 29.8 Å². The summed E-state index contributed by atoms with van der Waals surface area (Å²) in [6.07, 6.45) is 6.81. The minimum atomic E-state index is -2.33. The number of alkyl halides is 1. The number of hydrogen-bond donors (Lipinski definition) is 0. The molecule has 0 fully saturated rings. The molecule has 26 heavy (non-hydrogen) atoms. The van der Waals surface area contributed by atoms with Crippen molar-refractivity contribution in [2.24, 2.45) is 0 Å². The molecule has 0 spiro atoms. The molecule has 0 saturated carbocycles. The number of fused-ring (bicyclic) bond motifs is 3. The van der Waals surface area contributed by atoms with Gasteiger partial charge in [0.1, 0.15) is 0 Å². The second-order valence-corrected chi connectivity index (χ2v) is 14.2. The number of ether oxygens (including phenoxy) is 1. The van der Waals surface area contributed by atoms with E-state index in [2.05, 4.69) is 82.7 Å². The van der Waals surface area contributed by atoms with Crippen LogP contribution in [0.4, 0.5) is 0 Å². The van der Waals surface area contributed by atoms with Gasteiger partial charge in [0.2, 0.25) is 0 Å². The Kier molecular flexibility index (Phi) is 6.21. The van der Waals surface area contributed by atoms with Crippen LogP contribution in [0.5, 0.6) is 0 Å². The van der Waals surface area contributed by atoms with Crippen molar-refractivity contribution in [1.82, 2.24) is 0 Å². The number of benzene rings is 2. The Hall–Kier alpha value is -0.377. The monoisotopic (exact) mass is 540 g/mol. The Bertz CT molecular complexity index is 1090. The van der Waals surface area contributed by atoms with Gasteiger partial charge >= 0.3 is 161 Å². The first kappa shape index (κ1) is 20.4. The fourth-order valence-corrected chi connectivity index (χ4v) is 13.6. The molecule has 1 aliphatic heterocycles. The number of hydrogen-bond acceptors (Lipinski definition) is 2. The van der Waals surface area contributed by atoms with E-state index in [4.69, 9.17) is 13.6 Å². The SMILES string of the molecule is [Cl-].[Cl-].[S]=[Zr+2]([C]1=C2C=c3ccccc3=C2OC1Br)[CH]1C=Cc2ccccc21. The molecule has 0 radical (unpaired) electrons. The van der Waals surface area contributed by atoms with Crippen molar-refractivity contribution in [2.75, 3.05) is 0 Å². The Labute approximate surface area is 184 Å². The number of halogens is 3. The van der Waals surface area contributed by atoms with Gasteiger partial charge in [-0.25, -0.2) is 0 Å². The molecular formula is C20H13BrCl2OSZr. The Balaban J connectivity index is 0.000000980. The van der Waals surface area contributed by atoms with Gasteiger partial charge < -0.3 is 24.8 Å². The molecule has 1 heterocycles. The maximum atomic E-state index is 6.19. The van der Waals surface area contributed by atoms with E-state index in [0.717, 1.165) is 5.76 Å². The number of rotatable bonds is 2. The van der Waals surface area contributed by atoms with Crippen LogP contribution in [-0.4, -0.2) is 5.01 Å². The van der Waals surface area contributed by atoms with E-state index in [9.17, 15) is 0 Å².